The summed E-state index contributed by atoms with van der Waals surface area (Å²) in [6.07, 6.45) is 22.7. The van der Waals surface area contributed by atoms with Crippen LogP contribution < -0.4 is 0 Å². The first-order valence-electron chi connectivity index (χ1n) is 9.81. The number of allylic oxidation sites excluding steroid dienone is 7. The van der Waals surface area contributed by atoms with Crippen LogP contribution in [-0.4, -0.2) is 33.5 Å². The van der Waals surface area contributed by atoms with Gasteiger partial charge in [-0.1, -0.05) is 68.7 Å². The minimum absolute atomic E-state index is 0.211. The number of unbranched alkanes of at least 4 members (excludes halogenated alkanes) is 3. The fraction of sp³-hybridized carbons (Fsp3) is 0.591. The van der Waals surface area contributed by atoms with Gasteiger partial charge in [0.1, 0.15) is 0 Å². The highest BCUT2D eigenvalue weighted by atomic mass is 16.4. The molecule has 0 rings (SSSR count). The molecule has 0 aliphatic rings. The maximum atomic E-state index is 10.2. The number of aliphatic hydroxyl groups is 2. The van der Waals surface area contributed by atoms with Crippen molar-refractivity contribution >= 4 is 5.97 Å². The summed E-state index contributed by atoms with van der Waals surface area (Å²) < 4.78 is 0. The molecule has 0 fully saturated rings. The van der Waals surface area contributed by atoms with Crippen molar-refractivity contribution in [2.24, 2.45) is 0 Å². The summed E-state index contributed by atoms with van der Waals surface area (Å²) in [4.78, 5) is 10.2. The Morgan fingerprint density at radius 2 is 1.31 bits per heavy atom. The van der Waals surface area contributed by atoms with E-state index in [0.29, 0.717) is 0 Å². The molecule has 0 aromatic heterocycles. The third-order valence-corrected chi connectivity index (χ3v) is 4.05. The number of rotatable bonds is 16. The van der Waals surface area contributed by atoms with Gasteiger partial charge in [-0.2, -0.15) is 0 Å². The van der Waals surface area contributed by atoms with Crippen LogP contribution in [0, 0.1) is 0 Å². The van der Waals surface area contributed by atoms with Crippen LogP contribution in [0.5, 0.6) is 0 Å². The van der Waals surface area contributed by atoms with Gasteiger partial charge in [0, 0.05) is 6.08 Å². The molecule has 0 spiro atoms. The second kappa shape index (κ2) is 18.2. The lowest BCUT2D eigenvalue weighted by molar-refractivity contribution is -0.131. The summed E-state index contributed by atoms with van der Waals surface area (Å²) in [5, 5.41) is 28.2. The molecule has 0 bridgehead atoms. The molecule has 0 aliphatic heterocycles. The average Bonchev–Trinajstić information content (AvgIpc) is 2.59. The van der Waals surface area contributed by atoms with Gasteiger partial charge in [-0.3, -0.25) is 0 Å². The predicted octanol–water partition coefficient (Wildman–Crippen LogP) is 4.94. The maximum Gasteiger partial charge on any atom is 0.328 e. The third-order valence-electron chi connectivity index (χ3n) is 4.05. The van der Waals surface area contributed by atoms with E-state index in [-0.39, 0.29) is 12.2 Å². The Balaban J connectivity index is 3.60. The molecule has 4 nitrogen and oxygen atoms in total. The number of aliphatic hydroxyl groups excluding tert-OH is 2. The van der Waals surface area contributed by atoms with E-state index < -0.39 is 5.97 Å². The largest absolute Gasteiger partial charge is 0.478 e. The second-order valence-electron chi connectivity index (χ2n) is 6.56. The van der Waals surface area contributed by atoms with Gasteiger partial charge in [0.2, 0.25) is 0 Å². The molecule has 0 amide bonds. The van der Waals surface area contributed by atoms with Gasteiger partial charge in [0.15, 0.2) is 0 Å². The van der Waals surface area contributed by atoms with E-state index in [1.165, 1.54) is 18.9 Å². The molecular formula is C22H36O4. The number of aliphatic carboxylic acids is 1. The first-order valence-corrected chi connectivity index (χ1v) is 9.81. The molecule has 0 aromatic carbocycles. The van der Waals surface area contributed by atoms with E-state index in [0.717, 1.165) is 57.4 Å². The molecule has 4 heteroatoms. The zero-order valence-corrected chi connectivity index (χ0v) is 16.1. The number of hydrogen-bond donors (Lipinski definition) is 3. The van der Waals surface area contributed by atoms with E-state index in [4.69, 9.17) is 5.11 Å². The van der Waals surface area contributed by atoms with Crippen molar-refractivity contribution in [3.63, 3.8) is 0 Å². The van der Waals surface area contributed by atoms with E-state index in [1.54, 1.807) is 12.2 Å². The van der Waals surface area contributed by atoms with Gasteiger partial charge in [-0.15, -0.1) is 0 Å². The molecule has 0 aliphatic carbocycles. The Kier molecular flexibility index (Phi) is 17.0. The third kappa shape index (κ3) is 18.7. The van der Waals surface area contributed by atoms with Crippen LogP contribution in [0.2, 0.25) is 0 Å². The van der Waals surface area contributed by atoms with E-state index in [1.807, 2.05) is 18.2 Å². The minimum Gasteiger partial charge on any atom is -0.478 e. The fourth-order valence-corrected chi connectivity index (χ4v) is 2.55. The van der Waals surface area contributed by atoms with Gasteiger partial charge < -0.3 is 15.3 Å². The highest BCUT2D eigenvalue weighted by Gasteiger charge is 2.07. The Hall–Kier alpha value is -1.65. The van der Waals surface area contributed by atoms with Crippen molar-refractivity contribution < 1.29 is 20.1 Å². The molecule has 0 heterocycles. The molecule has 0 aromatic rings. The van der Waals surface area contributed by atoms with Gasteiger partial charge in [-0.05, 0) is 44.9 Å². The molecular weight excluding hydrogens is 328 g/mol. The summed E-state index contributed by atoms with van der Waals surface area (Å²) in [6, 6.07) is 0. The Morgan fingerprint density at radius 1 is 0.769 bits per heavy atom. The molecule has 0 saturated heterocycles. The summed E-state index contributed by atoms with van der Waals surface area (Å²) >= 11 is 0. The topological polar surface area (TPSA) is 77.8 Å². The summed E-state index contributed by atoms with van der Waals surface area (Å²) in [7, 11) is 0. The van der Waals surface area contributed by atoms with Crippen molar-refractivity contribution in [3.8, 4) is 0 Å². The van der Waals surface area contributed by atoms with Crippen LogP contribution in [0.3, 0.4) is 0 Å². The molecule has 2 unspecified atom stereocenters. The summed E-state index contributed by atoms with van der Waals surface area (Å²) in [6.45, 7) is 2.16. The van der Waals surface area contributed by atoms with Crippen molar-refractivity contribution in [3.05, 3.63) is 48.6 Å². The second-order valence-corrected chi connectivity index (χ2v) is 6.56. The van der Waals surface area contributed by atoms with Crippen molar-refractivity contribution in [1.82, 2.24) is 0 Å². The zero-order valence-electron chi connectivity index (χ0n) is 16.1. The van der Waals surface area contributed by atoms with Crippen LogP contribution >= 0.6 is 0 Å². The highest BCUT2D eigenvalue weighted by molar-refractivity contribution is 5.80. The van der Waals surface area contributed by atoms with Crippen LogP contribution in [-0.2, 0) is 4.79 Å². The van der Waals surface area contributed by atoms with Crippen molar-refractivity contribution in [1.29, 1.82) is 0 Å². The smallest absolute Gasteiger partial charge is 0.328 e. The Morgan fingerprint density at radius 3 is 1.92 bits per heavy atom. The van der Waals surface area contributed by atoms with Gasteiger partial charge in [0.05, 0.1) is 12.2 Å². The molecule has 3 N–H and O–H groups in total. The molecule has 26 heavy (non-hydrogen) atoms. The molecule has 148 valence electrons. The van der Waals surface area contributed by atoms with Crippen LogP contribution in [0.4, 0.5) is 0 Å². The first-order chi connectivity index (χ1) is 12.6. The van der Waals surface area contributed by atoms with Crippen molar-refractivity contribution in [2.75, 3.05) is 0 Å². The molecule has 0 saturated carbocycles. The first kappa shape index (κ1) is 24.4. The number of hydrogen-bond acceptors (Lipinski definition) is 3. The lowest BCUT2D eigenvalue weighted by Gasteiger charge is -2.12. The SMILES string of the molecule is CCCCCC(O)CCCC(O)CCCC=CC=CC=CC=CC(=O)O. The summed E-state index contributed by atoms with van der Waals surface area (Å²) in [5.41, 5.74) is 0. The lowest BCUT2D eigenvalue weighted by Crippen LogP contribution is -2.10. The standard InChI is InChI=1S/C22H36O4/c1-2-3-11-15-20(23)17-14-18-21(24)16-12-9-7-5-4-6-8-10-13-19-22(25)26/h4-8,10,13,19-21,23-24H,2-3,9,11-12,14-18H2,1H3,(H,25,26). The Bertz CT molecular complexity index is 449. The number of carboxylic acids is 1. The van der Waals surface area contributed by atoms with E-state index in [9.17, 15) is 15.0 Å². The molecule has 2 atom stereocenters. The predicted molar refractivity (Wildman–Crippen MR) is 108 cm³/mol. The minimum atomic E-state index is -0.955. The maximum absolute atomic E-state index is 10.2. The van der Waals surface area contributed by atoms with Crippen LogP contribution in [0.1, 0.15) is 71.1 Å². The lowest BCUT2D eigenvalue weighted by atomic mass is 10.0. The van der Waals surface area contributed by atoms with E-state index >= 15 is 0 Å². The van der Waals surface area contributed by atoms with Gasteiger partial charge in [0.25, 0.3) is 0 Å². The van der Waals surface area contributed by atoms with Crippen LogP contribution in [0.25, 0.3) is 0 Å². The molecule has 0 radical (unpaired) electrons. The van der Waals surface area contributed by atoms with Gasteiger partial charge in [-0.25, -0.2) is 4.79 Å². The number of carboxylic acid groups (broad SMARTS) is 1. The zero-order chi connectivity index (χ0) is 19.5. The highest BCUT2D eigenvalue weighted by Crippen LogP contribution is 2.13. The van der Waals surface area contributed by atoms with Crippen LogP contribution in [0.15, 0.2) is 48.6 Å². The quantitative estimate of drug-likeness (QED) is 0.206. The van der Waals surface area contributed by atoms with Gasteiger partial charge >= 0.3 is 5.97 Å². The summed E-state index contributed by atoms with van der Waals surface area (Å²) in [5.74, 6) is -0.955. The fourth-order valence-electron chi connectivity index (χ4n) is 2.55. The normalized spacial score (nSPS) is 14.9. The average molecular weight is 365 g/mol. The number of carbonyl (C=O) groups is 1. The Labute approximate surface area is 158 Å². The monoisotopic (exact) mass is 364 g/mol. The van der Waals surface area contributed by atoms with E-state index in [2.05, 4.69) is 13.0 Å². The van der Waals surface area contributed by atoms with Crippen molar-refractivity contribution in [2.45, 2.75) is 83.3 Å².